The third kappa shape index (κ3) is 3.56. The number of aromatic nitrogens is 3. The van der Waals surface area contributed by atoms with Crippen molar-refractivity contribution in [3.63, 3.8) is 0 Å². The molecule has 0 fully saturated rings. The van der Waals surface area contributed by atoms with Crippen molar-refractivity contribution in [2.24, 2.45) is 0 Å². The van der Waals surface area contributed by atoms with Gasteiger partial charge in [-0.1, -0.05) is 6.07 Å². The smallest absolute Gasteiger partial charge is 0.325 e. The molecular formula is C20H16N4O4. The number of pyridine rings is 1. The summed E-state index contributed by atoms with van der Waals surface area (Å²) >= 11 is 0. The van der Waals surface area contributed by atoms with E-state index in [1.807, 2.05) is 0 Å². The van der Waals surface area contributed by atoms with Gasteiger partial charge < -0.3 is 19.8 Å². The molecule has 2 aromatic carbocycles. The Balaban J connectivity index is 1.49. The molecule has 28 heavy (non-hydrogen) atoms. The molecule has 0 saturated heterocycles. The summed E-state index contributed by atoms with van der Waals surface area (Å²) in [6.07, 6.45) is 1.55. The van der Waals surface area contributed by atoms with Gasteiger partial charge >= 0.3 is 5.69 Å². The molecule has 2 heterocycles. The number of H-pyrrole nitrogens is 2. The average Bonchev–Trinajstić information content (AvgIpc) is 3.11. The summed E-state index contributed by atoms with van der Waals surface area (Å²) in [6.45, 7) is 0. The molecule has 1 amide bonds. The molecule has 0 spiro atoms. The van der Waals surface area contributed by atoms with Gasteiger partial charge in [0.25, 0.3) is 5.91 Å². The molecule has 0 aliphatic rings. The summed E-state index contributed by atoms with van der Waals surface area (Å²) in [4.78, 5) is 33.1. The van der Waals surface area contributed by atoms with E-state index in [1.165, 1.54) is 0 Å². The molecule has 0 aliphatic heterocycles. The zero-order chi connectivity index (χ0) is 19.5. The van der Waals surface area contributed by atoms with Gasteiger partial charge in [0.05, 0.1) is 7.11 Å². The van der Waals surface area contributed by atoms with Crippen LogP contribution in [0.25, 0.3) is 11.2 Å². The maximum Gasteiger partial charge on any atom is 0.325 e. The third-order valence-electron chi connectivity index (χ3n) is 4.06. The Morgan fingerprint density at radius 3 is 2.64 bits per heavy atom. The second-order valence-electron chi connectivity index (χ2n) is 5.92. The fourth-order valence-electron chi connectivity index (χ4n) is 2.70. The zero-order valence-electron chi connectivity index (χ0n) is 14.9. The number of rotatable bonds is 5. The number of ether oxygens (including phenoxy) is 2. The fraction of sp³-hybridized carbons (Fsp3) is 0.0500. The lowest BCUT2D eigenvalue weighted by Gasteiger charge is -2.09. The standard InChI is InChI=1S/C20H16N4O4/c1-27-15-4-2-3-12(11-15)19(25)22-13-5-7-14(8-6-13)28-16-9-10-21-18-17(16)23-20(26)24-18/h2-11H,1H3,(H,22,25)(H2,21,23,24,26). The highest BCUT2D eigenvalue weighted by molar-refractivity contribution is 6.04. The molecule has 2 aromatic heterocycles. The molecule has 0 aliphatic carbocycles. The van der Waals surface area contributed by atoms with Crippen LogP contribution in [-0.4, -0.2) is 28.0 Å². The first-order chi connectivity index (χ1) is 13.6. The van der Waals surface area contributed by atoms with E-state index in [0.717, 1.165) is 0 Å². The predicted octanol–water partition coefficient (Wildman–Crippen LogP) is 3.30. The number of imidazole rings is 1. The van der Waals surface area contributed by atoms with Crippen LogP contribution in [0.15, 0.2) is 65.6 Å². The van der Waals surface area contributed by atoms with E-state index in [4.69, 9.17) is 9.47 Å². The highest BCUT2D eigenvalue weighted by Gasteiger charge is 2.09. The number of aromatic amines is 2. The quantitative estimate of drug-likeness (QED) is 0.495. The molecule has 140 valence electrons. The van der Waals surface area contributed by atoms with E-state index in [9.17, 15) is 9.59 Å². The molecule has 0 atom stereocenters. The van der Waals surface area contributed by atoms with Gasteiger partial charge in [0.1, 0.15) is 17.0 Å². The summed E-state index contributed by atoms with van der Waals surface area (Å²) in [5.41, 5.74) is 1.67. The minimum atomic E-state index is -0.353. The van der Waals surface area contributed by atoms with Crippen molar-refractivity contribution in [1.29, 1.82) is 0 Å². The van der Waals surface area contributed by atoms with Crippen LogP contribution in [-0.2, 0) is 0 Å². The molecule has 4 rings (SSSR count). The number of nitrogens with zero attached hydrogens (tertiary/aromatic N) is 1. The summed E-state index contributed by atoms with van der Waals surface area (Å²) in [7, 11) is 1.55. The summed E-state index contributed by atoms with van der Waals surface area (Å²) < 4.78 is 11.0. The van der Waals surface area contributed by atoms with Crippen molar-refractivity contribution < 1.29 is 14.3 Å². The first-order valence-corrected chi connectivity index (χ1v) is 8.43. The van der Waals surface area contributed by atoms with E-state index in [0.29, 0.717) is 39.7 Å². The number of carbonyl (C=O) groups is 1. The molecular weight excluding hydrogens is 360 g/mol. The lowest BCUT2D eigenvalue weighted by atomic mass is 10.2. The van der Waals surface area contributed by atoms with Crippen molar-refractivity contribution in [1.82, 2.24) is 15.0 Å². The van der Waals surface area contributed by atoms with Gasteiger partial charge in [-0.3, -0.25) is 9.78 Å². The predicted molar refractivity (Wildman–Crippen MR) is 104 cm³/mol. The van der Waals surface area contributed by atoms with Crippen LogP contribution in [0.2, 0.25) is 0 Å². The largest absolute Gasteiger partial charge is 0.497 e. The number of fused-ring (bicyclic) bond motifs is 1. The lowest BCUT2D eigenvalue weighted by molar-refractivity contribution is 0.102. The minimum absolute atomic E-state index is 0.242. The highest BCUT2D eigenvalue weighted by atomic mass is 16.5. The highest BCUT2D eigenvalue weighted by Crippen LogP contribution is 2.27. The first kappa shape index (κ1) is 17.3. The molecule has 8 heteroatoms. The number of methoxy groups -OCH3 is 1. The van der Waals surface area contributed by atoms with Gasteiger partial charge in [-0.2, -0.15) is 0 Å². The normalized spacial score (nSPS) is 10.6. The summed E-state index contributed by atoms with van der Waals surface area (Å²) in [6, 6.07) is 15.5. The second-order valence-corrected chi connectivity index (χ2v) is 5.92. The third-order valence-corrected chi connectivity index (χ3v) is 4.06. The number of anilines is 1. The van der Waals surface area contributed by atoms with Gasteiger partial charge in [0.15, 0.2) is 11.4 Å². The van der Waals surface area contributed by atoms with Gasteiger partial charge in [-0.15, -0.1) is 0 Å². The zero-order valence-corrected chi connectivity index (χ0v) is 14.9. The van der Waals surface area contributed by atoms with Crippen LogP contribution >= 0.6 is 0 Å². The van der Waals surface area contributed by atoms with E-state index < -0.39 is 0 Å². The monoisotopic (exact) mass is 376 g/mol. The van der Waals surface area contributed by atoms with Crippen LogP contribution < -0.4 is 20.5 Å². The van der Waals surface area contributed by atoms with Gasteiger partial charge in [0, 0.05) is 23.5 Å². The van der Waals surface area contributed by atoms with Crippen LogP contribution in [0.4, 0.5) is 5.69 Å². The van der Waals surface area contributed by atoms with E-state index in [1.54, 1.807) is 67.9 Å². The first-order valence-electron chi connectivity index (χ1n) is 8.43. The van der Waals surface area contributed by atoms with Crippen molar-refractivity contribution in [2.45, 2.75) is 0 Å². The van der Waals surface area contributed by atoms with Crippen LogP contribution in [0, 0.1) is 0 Å². The maximum atomic E-state index is 12.4. The number of hydrogen-bond acceptors (Lipinski definition) is 5. The number of nitrogens with one attached hydrogen (secondary N) is 3. The molecule has 0 radical (unpaired) electrons. The van der Waals surface area contributed by atoms with Crippen LogP contribution in [0.1, 0.15) is 10.4 Å². The fourth-order valence-corrected chi connectivity index (χ4v) is 2.70. The number of hydrogen-bond donors (Lipinski definition) is 3. The van der Waals surface area contributed by atoms with Crippen molar-refractivity contribution in [3.05, 3.63) is 76.8 Å². The van der Waals surface area contributed by atoms with Crippen molar-refractivity contribution in [3.8, 4) is 17.2 Å². The molecule has 3 N–H and O–H groups in total. The Hall–Kier alpha value is -4.07. The number of benzene rings is 2. The van der Waals surface area contributed by atoms with Crippen LogP contribution in [0.5, 0.6) is 17.2 Å². The van der Waals surface area contributed by atoms with Crippen molar-refractivity contribution in [2.75, 3.05) is 12.4 Å². The molecule has 0 saturated carbocycles. The summed E-state index contributed by atoms with van der Waals surface area (Å²) in [5, 5.41) is 2.82. The lowest BCUT2D eigenvalue weighted by Crippen LogP contribution is -2.11. The van der Waals surface area contributed by atoms with E-state index in [2.05, 4.69) is 20.3 Å². The molecule has 8 nitrogen and oxygen atoms in total. The average molecular weight is 376 g/mol. The maximum absolute atomic E-state index is 12.4. The van der Waals surface area contributed by atoms with E-state index >= 15 is 0 Å². The number of amides is 1. The minimum Gasteiger partial charge on any atom is -0.497 e. The second kappa shape index (κ2) is 7.28. The van der Waals surface area contributed by atoms with Gasteiger partial charge in [-0.25, -0.2) is 9.78 Å². The van der Waals surface area contributed by atoms with E-state index in [-0.39, 0.29) is 11.6 Å². The Bertz CT molecular complexity index is 1190. The molecule has 4 aromatic rings. The van der Waals surface area contributed by atoms with Crippen LogP contribution in [0.3, 0.4) is 0 Å². The van der Waals surface area contributed by atoms with Crippen molar-refractivity contribution >= 4 is 22.8 Å². The Kier molecular flexibility index (Phi) is 4.51. The number of carbonyl (C=O) groups excluding carboxylic acids is 1. The van der Waals surface area contributed by atoms with Gasteiger partial charge in [0.2, 0.25) is 0 Å². The Labute approximate surface area is 159 Å². The summed E-state index contributed by atoms with van der Waals surface area (Å²) in [5.74, 6) is 1.39. The Morgan fingerprint density at radius 2 is 1.86 bits per heavy atom. The van der Waals surface area contributed by atoms with Gasteiger partial charge in [-0.05, 0) is 42.5 Å². The molecule has 0 bridgehead atoms. The Morgan fingerprint density at radius 1 is 1.04 bits per heavy atom. The SMILES string of the molecule is COc1cccc(C(=O)Nc2ccc(Oc3ccnc4[nH]c(=O)[nH]c34)cc2)c1. The molecule has 0 unspecified atom stereocenters. The topological polar surface area (TPSA) is 109 Å².